The van der Waals surface area contributed by atoms with Crippen LogP contribution in [0.4, 0.5) is 0 Å². The molecule has 0 radical (unpaired) electrons. The quantitative estimate of drug-likeness (QED) is 0.480. The molecule has 0 unspecified atom stereocenters. The van der Waals surface area contributed by atoms with Gasteiger partial charge in [-0.3, -0.25) is 0 Å². The second-order valence-electron chi connectivity index (χ2n) is 2.02. The minimum atomic E-state index is 1.16. The second kappa shape index (κ2) is 2.40. The fourth-order valence-corrected chi connectivity index (χ4v) is 1.48. The highest BCUT2D eigenvalue weighted by molar-refractivity contribution is 8.02. The Morgan fingerprint density at radius 2 is 2.12 bits per heavy atom. The smallest absolute Gasteiger partial charge is 0.0160 e. The molecule has 0 aromatic heterocycles. The van der Waals surface area contributed by atoms with Crippen molar-refractivity contribution in [2.45, 2.75) is 13.8 Å². The van der Waals surface area contributed by atoms with E-state index in [0.29, 0.717) is 0 Å². The van der Waals surface area contributed by atoms with E-state index in [1.807, 2.05) is 11.8 Å². The van der Waals surface area contributed by atoms with E-state index in [1.165, 1.54) is 11.1 Å². The SMILES string of the molecule is CC1=CCSC=C1C. The first kappa shape index (κ1) is 5.96. The van der Waals surface area contributed by atoms with Crippen LogP contribution in [0.2, 0.25) is 0 Å². The molecule has 0 spiro atoms. The molecule has 0 atom stereocenters. The molecule has 44 valence electrons. The van der Waals surface area contributed by atoms with Gasteiger partial charge in [0.25, 0.3) is 0 Å². The minimum absolute atomic E-state index is 1.16. The summed E-state index contributed by atoms with van der Waals surface area (Å²) in [6.07, 6.45) is 2.26. The van der Waals surface area contributed by atoms with Crippen molar-refractivity contribution < 1.29 is 0 Å². The highest BCUT2D eigenvalue weighted by Crippen LogP contribution is 2.19. The van der Waals surface area contributed by atoms with Gasteiger partial charge in [0.1, 0.15) is 0 Å². The minimum Gasteiger partial charge on any atom is -0.130 e. The third kappa shape index (κ3) is 1.16. The van der Waals surface area contributed by atoms with Crippen molar-refractivity contribution >= 4 is 11.8 Å². The van der Waals surface area contributed by atoms with E-state index in [9.17, 15) is 0 Å². The van der Waals surface area contributed by atoms with Gasteiger partial charge in [-0.2, -0.15) is 0 Å². The molecule has 1 heteroatoms. The largest absolute Gasteiger partial charge is 0.130 e. The van der Waals surface area contributed by atoms with Gasteiger partial charge in [-0.05, 0) is 24.8 Å². The van der Waals surface area contributed by atoms with Crippen LogP contribution in [0.3, 0.4) is 0 Å². The van der Waals surface area contributed by atoms with Gasteiger partial charge in [0.05, 0.1) is 0 Å². The van der Waals surface area contributed by atoms with Crippen LogP contribution in [0.5, 0.6) is 0 Å². The van der Waals surface area contributed by atoms with E-state index in [1.54, 1.807) is 0 Å². The molecule has 0 saturated carbocycles. The van der Waals surface area contributed by atoms with Crippen LogP contribution >= 0.6 is 11.8 Å². The Bertz CT molecular complexity index is 124. The maximum Gasteiger partial charge on any atom is 0.0160 e. The Labute approximate surface area is 54.7 Å². The predicted molar refractivity (Wildman–Crippen MR) is 40.0 cm³/mol. The molecule has 0 bridgehead atoms. The fourth-order valence-electron chi connectivity index (χ4n) is 0.600. The lowest BCUT2D eigenvalue weighted by Gasteiger charge is -2.05. The van der Waals surface area contributed by atoms with E-state index < -0.39 is 0 Å². The number of thioether (sulfide) groups is 1. The molecule has 1 rings (SSSR count). The van der Waals surface area contributed by atoms with E-state index in [0.717, 1.165) is 5.75 Å². The molecule has 0 fully saturated rings. The normalized spacial score (nSPS) is 19.8. The predicted octanol–water partition coefficient (Wildman–Crippen LogP) is 2.58. The van der Waals surface area contributed by atoms with E-state index >= 15 is 0 Å². The highest BCUT2D eigenvalue weighted by atomic mass is 32.2. The molecule has 0 amide bonds. The first-order valence-corrected chi connectivity index (χ1v) is 3.81. The van der Waals surface area contributed by atoms with Gasteiger partial charge in [-0.25, -0.2) is 0 Å². The van der Waals surface area contributed by atoms with Crippen molar-refractivity contribution in [3.8, 4) is 0 Å². The topological polar surface area (TPSA) is 0 Å². The standard InChI is InChI=1S/C7H10S/c1-6-3-4-8-5-7(6)2/h3,5H,4H2,1-2H3. The molecule has 0 aromatic rings. The Morgan fingerprint density at radius 1 is 1.38 bits per heavy atom. The van der Waals surface area contributed by atoms with E-state index in [2.05, 4.69) is 25.3 Å². The zero-order valence-corrected chi connectivity index (χ0v) is 6.09. The van der Waals surface area contributed by atoms with Crippen LogP contribution in [-0.4, -0.2) is 5.75 Å². The van der Waals surface area contributed by atoms with Crippen molar-refractivity contribution in [1.29, 1.82) is 0 Å². The molecule has 1 aliphatic heterocycles. The maximum absolute atomic E-state index is 2.26. The summed E-state index contributed by atoms with van der Waals surface area (Å²) in [7, 11) is 0. The third-order valence-electron chi connectivity index (χ3n) is 1.37. The van der Waals surface area contributed by atoms with Crippen LogP contribution < -0.4 is 0 Å². The second-order valence-corrected chi connectivity index (χ2v) is 2.92. The van der Waals surface area contributed by atoms with Crippen molar-refractivity contribution in [2.24, 2.45) is 0 Å². The van der Waals surface area contributed by atoms with Gasteiger partial charge in [0, 0.05) is 5.75 Å². The summed E-state index contributed by atoms with van der Waals surface area (Å²) >= 11 is 1.87. The van der Waals surface area contributed by atoms with Gasteiger partial charge >= 0.3 is 0 Å². The van der Waals surface area contributed by atoms with Crippen LogP contribution in [0, 0.1) is 0 Å². The summed E-state index contributed by atoms with van der Waals surface area (Å²) in [6, 6.07) is 0. The summed E-state index contributed by atoms with van der Waals surface area (Å²) in [4.78, 5) is 0. The Kier molecular flexibility index (Phi) is 1.79. The summed E-state index contributed by atoms with van der Waals surface area (Å²) in [5, 5.41) is 2.22. The van der Waals surface area contributed by atoms with Crippen molar-refractivity contribution in [3.05, 3.63) is 22.6 Å². The third-order valence-corrected chi connectivity index (χ3v) is 2.25. The van der Waals surface area contributed by atoms with Crippen LogP contribution in [0.1, 0.15) is 13.8 Å². The number of rotatable bonds is 0. The van der Waals surface area contributed by atoms with Gasteiger partial charge in [0.15, 0.2) is 0 Å². The van der Waals surface area contributed by atoms with E-state index in [-0.39, 0.29) is 0 Å². The molecule has 0 N–H and O–H groups in total. The number of hydrogen-bond acceptors (Lipinski definition) is 1. The molecule has 8 heavy (non-hydrogen) atoms. The lowest BCUT2D eigenvalue weighted by atomic mass is 10.1. The molecule has 0 aliphatic carbocycles. The Hall–Kier alpha value is -0.170. The monoisotopic (exact) mass is 126 g/mol. The van der Waals surface area contributed by atoms with Crippen LogP contribution in [0.15, 0.2) is 22.6 Å². The van der Waals surface area contributed by atoms with Crippen LogP contribution in [-0.2, 0) is 0 Å². The van der Waals surface area contributed by atoms with Crippen molar-refractivity contribution in [2.75, 3.05) is 5.75 Å². The zero-order valence-electron chi connectivity index (χ0n) is 5.27. The lowest BCUT2D eigenvalue weighted by molar-refractivity contribution is 1.33. The molecule has 0 saturated heterocycles. The van der Waals surface area contributed by atoms with Gasteiger partial charge in [-0.15, -0.1) is 11.8 Å². The fraction of sp³-hybridized carbons (Fsp3) is 0.429. The molecule has 0 nitrogen and oxygen atoms in total. The average molecular weight is 126 g/mol. The highest BCUT2D eigenvalue weighted by Gasteiger charge is 1.96. The van der Waals surface area contributed by atoms with Crippen LogP contribution in [0.25, 0.3) is 0 Å². The zero-order chi connectivity index (χ0) is 5.98. The molecular weight excluding hydrogens is 116 g/mol. The summed E-state index contributed by atoms with van der Waals surface area (Å²) in [6.45, 7) is 4.31. The lowest BCUT2D eigenvalue weighted by Crippen LogP contribution is -1.85. The average Bonchev–Trinajstić information content (AvgIpc) is 1.77. The maximum atomic E-state index is 2.26. The first-order chi connectivity index (χ1) is 3.80. The van der Waals surface area contributed by atoms with Gasteiger partial charge in [0.2, 0.25) is 0 Å². The van der Waals surface area contributed by atoms with Crippen molar-refractivity contribution in [1.82, 2.24) is 0 Å². The summed E-state index contributed by atoms with van der Waals surface area (Å²) in [5.74, 6) is 1.16. The number of allylic oxidation sites excluding steroid dienone is 2. The Morgan fingerprint density at radius 3 is 2.50 bits per heavy atom. The summed E-state index contributed by atoms with van der Waals surface area (Å²) in [5.41, 5.74) is 2.85. The first-order valence-electron chi connectivity index (χ1n) is 2.76. The van der Waals surface area contributed by atoms with Gasteiger partial charge < -0.3 is 0 Å². The molecule has 1 heterocycles. The van der Waals surface area contributed by atoms with Gasteiger partial charge in [-0.1, -0.05) is 11.6 Å². The van der Waals surface area contributed by atoms with E-state index in [4.69, 9.17) is 0 Å². The van der Waals surface area contributed by atoms with Crippen molar-refractivity contribution in [3.63, 3.8) is 0 Å². The molecule has 0 aromatic carbocycles. The molecule has 1 aliphatic rings. The number of hydrogen-bond donors (Lipinski definition) is 0. The summed E-state index contributed by atoms with van der Waals surface area (Å²) < 4.78 is 0. The molecular formula is C7H10S. The Balaban J connectivity index is 2.73.